The topological polar surface area (TPSA) is 51.5 Å². The molecule has 0 saturated carbocycles. The van der Waals surface area contributed by atoms with Crippen LogP contribution in [0.5, 0.6) is 5.75 Å². The van der Waals surface area contributed by atoms with Crippen LogP contribution >= 0.6 is 15.9 Å². The second kappa shape index (κ2) is 6.23. The van der Waals surface area contributed by atoms with E-state index in [0.29, 0.717) is 0 Å². The van der Waals surface area contributed by atoms with Gasteiger partial charge < -0.3 is 14.5 Å². The second-order valence-electron chi connectivity index (χ2n) is 4.85. The summed E-state index contributed by atoms with van der Waals surface area (Å²) in [6.45, 7) is 0. The molecule has 0 radical (unpaired) electrons. The molecule has 3 aromatic rings. The predicted molar refractivity (Wildman–Crippen MR) is 89.2 cm³/mol. The minimum atomic E-state index is -0.0900. The van der Waals surface area contributed by atoms with Crippen LogP contribution in [0.1, 0.15) is 5.56 Å². The molecule has 0 fully saturated rings. The van der Waals surface area contributed by atoms with E-state index in [4.69, 9.17) is 9.15 Å². The Morgan fingerprint density at radius 2 is 2.00 bits per heavy atom. The van der Waals surface area contributed by atoms with Gasteiger partial charge in [-0.15, -0.1) is 0 Å². The third-order valence-electron chi connectivity index (χ3n) is 3.34. The standard InChI is InChI=1S/C17H14BrNO3/c1-21-14-5-3-13(4-6-14)19-17(20)8-11-10-22-16-7-2-12(18)9-15(11)16/h2-7,9-10H,8H2,1H3,(H,19,20). The maximum absolute atomic E-state index is 12.2. The number of carbonyl (C=O) groups excluding carboxylic acids is 1. The van der Waals surface area contributed by atoms with E-state index in [1.807, 2.05) is 18.2 Å². The van der Waals surface area contributed by atoms with Crippen LogP contribution in [-0.2, 0) is 11.2 Å². The van der Waals surface area contributed by atoms with Crippen molar-refractivity contribution in [2.24, 2.45) is 0 Å². The number of nitrogens with one attached hydrogen (secondary N) is 1. The summed E-state index contributed by atoms with van der Waals surface area (Å²) >= 11 is 3.43. The summed E-state index contributed by atoms with van der Waals surface area (Å²) in [6.07, 6.45) is 1.89. The Hall–Kier alpha value is -2.27. The first-order chi connectivity index (χ1) is 10.7. The molecule has 112 valence electrons. The van der Waals surface area contributed by atoms with Gasteiger partial charge in [0.1, 0.15) is 11.3 Å². The molecule has 0 bridgehead atoms. The molecule has 2 aromatic carbocycles. The van der Waals surface area contributed by atoms with Crippen LogP contribution < -0.4 is 10.1 Å². The molecule has 1 aromatic heterocycles. The molecule has 0 unspecified atom stereocenters. The van der Waals surface area contributed by atoms with Crippen molar-refractivity contribution in [1.82, 2.24) is 0 Å². The van der Waals surface area contributed by atoms with Crippen LogP contribution in [0.2, 0.25) is 0 Å². The summed E-state index contributed by atoms with van der Waals surface area (Å²) in [5, 5.41) is 3.81. The van der Waals surface area contributed by atoms with Gasteiger partial charge in [0.05, 0.1) is 19.8 Å². The number of carbonyl (C=O) groups is 1. The molecule has 0 atom stereocenters. The lowest BCUT2D eigenvalue weighted by Gasteiger charge is -2.05. The fraction of sp³-hybridized carbons (Fsp3) is 0.118. The van der Waals surface area contributed by atoms with Crippen molar-refractivity contribution in [3.63, 3.8) is 0 Å². The van der Waals surface area contributed by atoms with E-state index in [1.54, 1.807) is 37.6 Å². The number of fused-ring (bicyclic) bond motifs is 1. The number of benzene rings is 2. The third kappa shape index (κ3) is 3.14. The summed E-state index contributed by atoms with van der Waals surface area (Å²) in [4.78, 5) is 12.2. The Bertz CT molecular complexity index is 808. The first-order valence-corrected chi connectivity index (χ1v) is 7.54. The summed E-state index contributed by atoms with van der Waals surface area (Å²) in [5.41, 5.74) is 2.37. The molecule has 0 saturated heterocycles. The molecular formula is C17H14BrNO3. The molecule has 0 spiro atoms. The summed E-state index contributed by atoms with van der Waals surface area (Å²) in [7, 11) is 1.61. The van der Waals surface area contributed by atoms with E-state index in [1.165, 1.54) is 0 Å². The molecule has 1 amide bonds. The second-order valence-corrected chi connectivity index (χ2v) is 5.77. The quantitative estimate of drug-likeness (QED) is 0.751. The highest BCUT2D eigenvalue weighted by molar-refractivity contribution is 9.10. The maximum Gasteiger partial charge on any atom is 0.228 e. The molecule has 0 aliphatic carbocycles. The van der Waals surface area contributed by atoms with Gasteiger partial charge in [0, 0.05) is 21.1 Å². The fourth-order valence-corrected chi connectivity index (χ4v) is 2.60. The van der Waals surface area contributed by atoms with Crippen LogP contribution in [-0.4, -0.2) is 13.0 Å². The van der Waals surface area contributed by atoms with E-state index in [2.05, 4.69) is 21.2 Å². The zero-order valence-electron chi connectivity index (χ0n) is 11.9. The Morgan fingerprint density at radius 1 is 1.23 bits per heavy atom. The van der Waals surface area contributed by atoms with Gasteiger partial charge in [0.2, 0.25) is 5.91 Å². The largest absolute Gasteiger partial charge is 0.497 e. The van der Waals surface area contributed by atoms with Gasteiger partial charge in [-0.25, -0.2) is 0 Å². The molecule has 1 heterocycles. The van der Waals surface area contributed by atoms with Crippen molar-refractivity contribution in [2.45, 2.75) is 6.42 Å². The summed E-state index contributed by atoms with van der Waals surface area (Å²) in [5.74, 6) is 0.663. The zero-order chi connectivity index (χ0) is 15.5. The van der Waals surface area contributed by atoms with Crippen LogP contribution in [0.15, 0.2) is 57.6 Å². The molecule has 0 aliphatic rings. The monoisotopic (exact) mass is 359 g/mol. The van der Waals surface area contributed by atoms with Crippen LogP contribution in [0.3, 0.4) is 0 Å². The number of hydrogen-bond donors (Lipinski definition) is 1. The lowest BCUT2D eigenvalue weighted by atomic mass is 10.1. The maximum atomic E-state index is 12.2. The third-order valence-corrected chi connectivity index (χ3v) is 3.83. The number of amides is 1. The zero-order valence-corrected chi connectivity index (χ0v) is 13.5. The molecule has 5 heteroatoms. The van der Waals surface area contributed by atoms with Crippen molar-refractivity contribution in [1.29, 1.82) is 0 Å². The van der Waals surface area contributed by atoms with Gasteiger partial charge in [-0.1, -0.05) is 15.9 Å². The number of anilines is 1. The van der Waals surface area contributed by atoms with Crippen molar-refractivity contribution >= 4 is 38.5 Å². The number of halogens is 1. The van der Waals surface area contributed by atoms with E-state index >= 15 is 0 Å². The SMILES string of the molecule is COc1ccc(NC(=O)Cc2coc3ccc(Br)cc23)cc1. The molecular weight excluding hydrogens is 346 g/mol. The highest BCUT2D eigenvalue weighted by atomic mass is 79.9. The Morgan fingerprint density at radius 3 is 2.73 bits per heavy atom. The van der Waals surface area contributed by atoms with Crippen molar-refractivity contribution in [3.8, 4) is 5.75 Å². The number of rotatable bonds is 4. The molecule has 3 rings (SSSR count). The normalized spacial score (nSPS) is 10.6. The average Bonchev–Trinajstić information content (AvgIpc) is 2.90. The molecule has 4 nitrogen and oxygen atoms in total. The minimum absolute atomic E-state index is 0.0900. The highest BCUT2D eigenvalue weighted by Crippen LogP contribution is 2.25. The van der Waals surface area contributed by atoms with Crippen LogP contribution in [0.4, 0.5) is 5.69 Å². The van der Waals surface area contributed by atoms with E-state index in [-0.39, 0.29) is 12.3 Å². The number of hydrogen-bond acceptors (Lipinski definition) is 3. The fourth-order valence-electron chi connectivity index (χ4n) is 2.24. The van der Waals surface area contributed by atoms with Crippen molar-refractivity contribution < 1.29 is 13.9 Å². The Balaban J connectivity index is 1.73. The van der Waals surface area contributed by atoms with Gasteiger partial charge in [-0.3, -0.25) is 4.79 Å². The molecule has 0 aliphatic heterocycles. The highest BCUT2D eigenvalue weighted by Gasteiger charge is 2.11. The lowest BCUT2D eigenvalue weighted by Crippen LogP contribution is -2.14. The Labute approximate surface area is 136 Å². The number of furan rings is 1. The summed E-state index contributed by atoms with van der Waals surface area (Å²) in [6, 6.07) is 13.0. The van der Waals surface area contributed by atoms with Crippen LogP contribution in [0, 0.1) is 0 Å². The number of methoxy groups -OCH3 is 1. The van der Waals surface area contributed by atoms with Crippen molar-refractivity contribution in [3.05, 3.63) is 58.8 Å². The van der Waals surface area contributed by atoms with Gasteiger partial charge in [0.25, 0.3) is 0 Å². The van der Waals surface area contributed by atoms with Crippen molar-refractivity contribution in [2.75, 3.05) is 12.4 Å². The smallest absolute Gasteiger partial charge is 0.228 e. The first kappa shape index (κ1) is 14.7. The van der Waals surface area contributed by atoms with Gasteiger partial charge >= 0.3 is 0 Å². The average molecular weight is 360 g/mol. The van der Waals surface area contributed by atoms with Gasteiger partial charge in [-0.2, -0.15) is 0 Å². The van der Waals surface area contributed by atoms with E-state index in [0.717, 1.165) is 32.4 Å². The first-order valence-electron chi connectivity index (χ1n) is 6.75. The lowest BCUT2D eigenvalue weighted by molar-refractivity contribution is -0.115. The molecule has 1 N–H and O–H groups in total. The van der Waals surface area contributed by atoms with Crippen LogP contribution in [0.25, 0.3) is 11.0 Å². The number of ether oxygens (including phenoxy) is 1. The minimum Gasteiger partial charge on any atom is -0.497 e. The summed E-state index contributed by atoms with van der Waals surface area (Å²) < 4.78 is 11.5. The Kier molecular flexibility index (Phi) is 4.15. The van der Waals surface area contributed by atoms with Gasteiger partial charge in [-0.05, 0) is 42.5 Å². The van der Waals surface area contributed by atoms with E-state index < -0.39 is 0 Å². The predicted octanol–water partition coefficient (Wildman–Crippen LogP) is 4.39. The van der Waals surface area contributed by atoms with E-state index in [9.17, 15) is 4.79 Å². The molecule has 22 heavy (non-hydrogen) atoms. The van der Waals surface area contributed by atoms with Gasteiger partial charge in [0.15, 0.2) is 0 Å².